The van der Waals surface area contributed by atoms with Gasteiger partial charge in [-0.15, -0.1) is 0 Å². The van der Waals surface area contributed by atoms with Gasteiger partial charge in [-0.05, 0) is 26.1 Å². The molecule has 1 atom stereocenters. The second-order valence-corrected chi connectivity index (χ2v) is 3.70. The highest BCUT2D eigenvalue weighted by molar-refractivity contribution is 5.86. The number of methoxy groups -OCH3 is 1. The Kier molecular flexibility index (Phi) is 4.52. The third kappa shape index (κ3) is 3.08. The highest BCUT2D eigenvalue weighted by atomic mass is 16.5. The van der Waals surface area contributed by atoms with Crippen LogP contribution in [-0.4, -0.2) is 42.8 Å². The van der Waals surface area contributed by atoms with Crippen LogP contribution in [0.15, 0.2) is 16.5 Å². The highest BCUT2D eigenvalue weighted by Crippen LogP contribution is 2.12. The van der Waals surface area contributed by atoms with Crippen LogP contribution in [0.4, 0.5) is 0 Å². The third-order valence-corrected chi connectivity index (χ3v) is 2.47. The van der Waals surface area contributed by atoms with Crippen LogP contribution in [-0.2, 0) is 11.3 Å². The van der Waals surface area contributed by atoms with Crippen molar-refractivity contribution in [3.05, 3.63) is 23.7 Å². The summed E-state index contributed by atoms with van der Waals surface area (Å²) in [6, 6.07) is 3.36. The van der Waals surface area contributed by atoms with Crippen LogP contribution in [0.5, 0.6) is 0 Å². The molecule has 1 unspecified atom stereocenters. The Balaban J connectivity index is 2.61. The summed E-state index contributed by atoms with van der Waals surface area (Å²) in [7, 11) is 3.19. The minimum absolute atomic E-state index is 0.0478. The Morgan fingerprint density at radius 3 is 2.88 bits per heavy atom. The Hall–Kier alpha value is -1.33. The van der Waals surface area contributed by atoms with E-state index >= 15 is 0 Å². The van der Waals surface area contributed by atoms with Crippen LogP contribution in [0.25, 0.3) is 0 Å². The van der Waals surface area contributed by atoms with Gasteiger partial charge in [0.1, 0.15) is 5.76 Å². The minimum Gasteiger partial charge on any atom is -0.463 e. The molecular formula is C11H17NO4. The topological polar surface area (TPSA) is 62.9 Å². The lowest BCUT2D eigenvalue weighted by molar-refractivity contribution is 0.0560. The number of carbonyl (C=O) groups excluding carboxylic acids is 1. The molecule has 1 rings (SSSR count). The van der Waals surface area contributed by atoms with E-state index in [1.165, 1.54) is 7.11 Å². The van der Waals surface area contributed by atoms with Gasteiger partial charge in [0.2, 0.25) is 5.76 Å². The van der Waals surface area contributed by atoms with Gasteiger partial charge in [-0.25, -0.2) is 4.79 Å². The zero-order valence-corrected chi connectivity index (χ0v) is 9.77. The molecule has 0 spiro atoms. The van der Waals surface area contributed by atoms with Crippen molar-refractivity contribution in [1.82, 2.24) is 4.90 Å². The molecule has 0 amide bonds. The van der Waals surface area contributed by atoms with Crippen LogP contribution < -0.4 is 0 Å². The number of carbonyl (C=O) groups is 1. The smallest absolute Gasteiger partial charge is 0.373 e. The first-order chi connectivity index (χ1) is 7.58. The molecule has 0 fully saturated rings. The average Bonchev–Trinajstić information content (AvgIpc) is 2.75. The molecular weight excluding hydrogens is 210 g/mol. The number of aliphatic hydroxyl groups excluding tert-OH is 1. The number of rotatable bonds is 5. The van der Waals surface area contributed by atoms with Crippen molar-refractivity contribution >= 4 is 5.97 Å². The number of furan rings is 1. The number of ether oxygens (including phenoxy) is 1. The normalized spacial score (nSPS) is 12.8. The van der Waals surface area contributed by atoms with E-state index in [1.807, 2.05) is 18.9 Å². The summed E-state index contributed by atoms with van der Waals surface area (Å²) in [5, 5.41) is 8.97. The summed E-state index contributed by atoms with van der Waals surface area (Å²) in [5.41, 5.74) is 0. The Morgan fingerprint density at radius 1 is 1.62 bits per heavy atom. The molecule has 0 aliphatic carbocycles. The molecule has 0 bridgehead atoms. The van der Waals surface area contributed by atoms with E-state index < -0.39 is 5.97 Å². The number of esters is 1. The number of aliphatic hydroxyl groups is 1. The largest absolute Gasteiger partial charge is 0.463 e. The van der Waals surface area contributed by atoms with Crippen LogP contribution in [0.2, 0.25) is 0 Å². The zero-order chi connectivity index (χ0) is 12.1. The average molecular weight is 227 g/mol. The van der Waals surface area contributed by atoms with Crippen molar-refractivity contribution in [1.29, 1.82) is 0 Å². The van der Waals surface area contributed by atoms with Crippen molar-refractivity contribution in [3.63, 3.8) is 0 Å². The molecule has 16 heavy (non-hydrogen) atoms. The first-order valence-corrected chi connectivity index (χ1v) is 5.06. The van der Waals surface area contributed by atoms with Gasteiger partial charge in [0.25, 0.3) is 0 Å². The fraction of sp³-hybridized carbons (Fsp3) is 0.545. The molecule has 0 aliphatic rings. The maximum atomic E-state index is 11.1. The third-order valence-electron chi connectivity index (χ3n) is 2.47. The molecule has 0 radical (unpaired) electrons. The first kappa shape index (κ1) is 12.7. The van der Waals surface area contributed by atoms with Crippen molar-refractivity contribution in [2.75, 3.05) is 20.8 Å². The minimum atomic E-state index is -0.482. The summed E-state index contributed by atoms with van der Waals surface area (Å²) < 4.78 is 9.84. The molecule has 1 N–H and O–H groups in total. The van der Waals surface area contributed by atoms with Gasteiger partial charge in [-0.3, -0.25) is 4.90 Å². The predicted octanol–water partition coefficient (Wildman–Crippen LogP) is 0.879. The summed E-state index contributed by atoms with van der Waals surface area (Å²) in [5.74, 6) is 0.384. The summed E-state index contributed by atoms with van der Waals surface area (Å²) in [4.78, 5) is 13.1. The van der Waals surface area contributed by atoms with Gasteiger partial charge in [-0.2, -0.15) is 0 Å². The summed E-state index contributed by atoms with van der Waals surface area (Å²) in [6.45, 7) is 2.53. The van der Waals surface area contributed by atoms with Gasteiger partial charge in [0.15, 0.2) is 0 Å². The van der Waals surface area contributed by atoms with Crippen LogP contribution in [0.1, 0.15) is 23.2 Å². The quantitative estimate of drug-likeness (QED) is 0.756. The van der Waals surface area contributed by atoms with Crippen LogP contribution in [0, 0.1) is 0 Å². The Bertz CT molecular complexity index is 348. The van der Waals surface area contributed by atoms with E-state index in [2.05, 4.69) is 4.74 Å². The van der Waals surface area contributed by atoms with Gasteiger partial charge in [0, 0.05) is 6.04 Å². The fourth-order valence-corrected chi connectivity index (χ4v) is 1.21. The van der Waals surface area contributed by atoms with E-state index in [4.69, 9.17) is 9.52 Å². The maximum absolute atomic E-state index is 11.1. The van der Waals surface area contributed by atoms with E-state index in [1.54, 1.807) is 12.1 Å². The van der Waals surface area contributed by atoms with E-state index in [0.717, 1.165) is 0 Å². The number of hydrogen-bond acceptors (Lipinski definition) is 5. The Morgan fingerprint density at radius 2 is 2.31 bits per heavy atom. The Labute approximate surface area is 94.6 Å². The van der Waals surface area contributed by atoms with E-state index in [-0.39, 0.29) is 18.4 Å². The lowest BCUT2D eigenvalue weighted by Gasteiger charge is -2.21. The molecule has 1 heterocycles. The zero-order valence-electron chi connectivity index (χ0n) is 9.77. The molecule has 0 saturated heterocycles. The molecule has 0 saturated carbocycles. The SMILES string of the molecule is COC(=O)c1ccc(CN(C)C(C)CO)o1. The van der Waals surface area contributed by atoms with E-state index in [9.17, 15) is 4.79 Å². The molecule has 90 valence electrons. The second-order valence-electron chi connectivity index (χ2n) is 3.70. The molecule has 0 aromatic carbocycles. The van der Waals surface area contributed by atoms with Crippen molar-refractivity contribution in [2.24, 2.45) is 0 Å². The van der Waals surface area contributed by atoms with Crippen molar-refractivity contribution in [2.45, 2.75) is 19.5 Å². The predicted molar refractivity (Wildman–Crippen MR) is 58.1 cm³/mol. The van der Waals surface area contributed by atoms with Crippen LogP contribution >= 0.6 is 0 Å². The van der Waals surface area contributed by atoms with Crippen molar-refractivity contribution in [3.8, 4) is 0 Å². The molecule has 1 aromatic rings. The summed E-state index contributed by atoms with van der Waals surface area (Å²) in [6.07, 6.45) is 0. The van der Waals surface area contributed by atoms with E-state index in [0.29, 0.717) is 12.3 Å². The second kappa shape index (κ2) is 5.67. The number of likely N-dealkylation sites (N-methyl/N-ethyl adjacent to an activating group) is 1. The molecule has 0 aliphatic heterocycles. The molecule has 1 aromatic heterocycles. The van der Waals surface area contributed by atoms with Gasteiger partial charge in [0.05, 0.1) is 20.3 Å². The van der Waals surface area contributed by atoms with Crippen molar-refractivity contribution < 1.29 is 19.1 Å². The standard InChI is InChI=1S/C11H17NO4/c1-8(7-13)12(2)6-9-4-5-10(16-9)11(14)15-3/h4-5,8,13H,6-7H2,1-3H3. The fourth-order valence-electron chi connectivity index (χ4n) is 1.21. The van der Waals surface area contributed by atoms with Crippen LogP contribution in [0.3, 0.4) is 0 Å². The molecule has 5 heteroatoms. The van der Waals surface area contributed by atoms with Gasteiger partial charge >= 0.3 is 5.97 Å². The first-order valence-electron chi connectivity index (χ1n) is 5.06. The van der Waals surface area contributed by atoms with Gasteiger partial charge in [-0.1, -0.05) is 0 Å². The molecule has 5 nitrogen and oxygen atoms in total. The summed E-state index contributed by atoms with van der Waals surface area (Å²) >= 11 is 0. The lowest BCUT2D eigenvalue weighted by Crippen LogP contribution is -2.31. The maximum Gasteiger partial charge on any atom is 0.373 e. The van der Waals surface area contributed by atoms with Gasteiger partial charge < -0.3 is 14.3 Å². The highest BCUT2D eigenvalue weighted by Gasteiger charge is 2.14. The number of hydrogen-bond donors (Lipinski definition) is 1. The lowest BCUT2D eigenvalue weighted by atomic mass is 10.3. The number of nitrogens with zero attached hydrogens (tertiary/aromatic N) is 1. The monoisotopic (exact) mass is 227 g/mol.